The van der Waals surface area contributed by atoms with E-state index in [9.17, 15) is 0 Å². The second kappa shape index (κ2) is 5.34. The Labute approximate surface area is 127 Å². The summed E-state index contributed by atoms with van der Waals surface area (Å²) in [5, 5.41) is 15.6. The minimum Gasteiger partial charge on any atom is -0.332 e. The van der Waals surface area contributed by atoms with Gasteiger partial charge in [-0.3, -0.25) is 0 Å². The number of nitrogens with one attached hydrogen (secondary N) is 1. The Balaban J connectivity index is 1.59. The molecule has 0 radical (unpaired) electrons. The van der Waals surface area contributed by atoms with Gasteiger partial charge in [0, 0.05) is 12.1 Å². The first kappa shape index (κ1) is 13.1. The van der Waals surface area contributed by atoms with Crippen LogP contribution in [0.1, 0.15) is 18.0 Å². The van der Waals surface area contributed by atoms with E-state index in [1.165, 1.54) is 5.56 Å². The van der Waals surface area contributed by atoms with Crippen molar-refractivity contribution in [2.24, 2.45) is 0 Å². The molecule has 0 saturated carbocycles. The Hall–Kier alpha value is -2.54. The Morgan fingerprint density at radius 3 is 2.91 bits per heavy atom. The zero-order valence-corrected chi connectivity index (χ0v) is 12.2. The lowest BCUT2D eigenvalue weighted by Crippen LogP contribution is -2.13. The molecule has 4 rings (SSSR count). The fraction of sp³-hybridized carbons (Fsp3) is 0.333. The molecule has 1 saturated heterocycles. The summed E-state index contributed by atoms with van der Waals surface area (Å²) in [7, 11) is 0. The maximum Gasteiger partial charge on any atom is 0.280 e. The van der Waals surface area contributed by atoms with Gasteiger partial charge in [-0.25, -0.2) is 4.68 Å². The lowest BCUT2D eigenvalue weighted by molar-refractivity contribution is 0.431. The first-order valence-corrected chi connectivity index (χ1v) is 7.33. The van der Waals surface area contributed by atoms with Crippen LogP contribution in [0.5, 0.6) is 0 Å². The second-order valence-electron chi connectivity index (χ2n) is 5.52. The number of aryl methyl sites for hydroxylation is 1. The van der Waals surface area contributed by atoms with Crippen molar-refractivity contribution >= 4 is 0 Å². The summed E-state index contributed by atoms with van der Waals surface area (Å²) in [5.41, 5.74) is 2.73. The largest absolute Gasteiger partial charge is 0.332 e. The van der Waals surface area contributed by atoms with E-state index in [1.807, 2.05) is 42.1 Å². The highest BCUT2D eigenvalue weighted by Gasteiger charge is 2.20. The standard InChI is InChI=1S/C15H16N6O/c1-10-2-4-11(5-3-10)14-17-15(22-19-14)13-9-21(20-18-13)12-6-7-16-8-12/h2-5,9,12,16H,6-8H2,1H3. The quantitative estimate of drug-likeness (QED) is 0.794. The topological polar surface area (TPSA) is 81.7 Å². The van der Waals surface area contributed by atoms with E-state index in [4.69, 9.17) is 4.52 Å². The van der Waals surface area contributed by atoms with Gasteiger partial charge >= 0.3 is 0 Å². The smallest absolute Gasteiger partial charge is 0.280 e. The van der Waals surface area contributed by atoms with Crippen molar-refractivity contribution in [3.8, 4) is 23.0 Å². The summed E-state index contributed by atoms with van der Waals surface area (Å²) in [6.07, 6.45) is 2.92. The first-order chi connectivity index (χ1) is 10.8. The van der Waals surface area contributed by atoms with Crippen molar-refractivity contribution in [2.75, 3.05) is 13.1 Å². The van der Waals surface area contributed by atoms with Crippen molar-refractivity contribution in [3.05, 3.63) is 36.0 Å². The molecule has 0 spiro atoms. The number of nitrogens with zero attached hydrogens (tertiary/aromatic N) is 5. The monoisotopic (exact) mass is 296 g/mol. The summed E-state index contributed by atoms with van der Waals surface area (Å²) in [4.78, 5) is 4.41. The molecule has 0 bridgehead atoms. The highest BCUT2D eigenvalue weighted by molar-refractivity contribution is 5.57. The predicted octanol–water partition coefficient (Wildman–Crippen LogP) is 1.84. The molecule has 0 amide bonds. The number of hydrogen-bond donors (Lipinski definition) is 1. The minimum absolute atomic E-state index is 0.348. The van der Waals surface area contributed by atoms with E-state index in [-0.39, 0.29) is 0 Å². The molecule has 3 heterocycles. The molecule has 7 nitrogen and oxygen atoms in total. The van der Waals surface area contributed by atoms with Gasteiger partial charge in [-0.2, -0.15) is 4.98 Å². The molecule has 2 aromatic heterocycles. The maximum atomic E-state index is 5.32. The molecule has 0 aliphatic carbocycles. The van der Waals surface area contributed by atoms with Gasteiger partial charge in [0.25, 0.3) is 5.89 Å². The van der Waals surface area contributed by atoms with Crippen LogP contribution in [0.3, 0.4) is 0 Å². The summed E-state index contributed by atoms with van der Waals surface area (Å²) >= 11 is 0. The Kier molecular flexibility index (Phi) is 3.19. The summed E-state index contributed by atoms with van der Waals surface area (Å²) in [6.45, 7) is 3.97. The van der Waals surface area contributed by atoms with E-state index in [1.54, 1.807) is 0 Å². The van der Waals surface area contributed by atoms with E-state index in [0.29, 0.717) is 23.5 Å². The molecule has 3 aromatic rings. The van der Waals surface area contributed by atoms with Crippen LogP contribution in [-0.2, 0) is 0 Å². The second-order valence-corrected chi connectivity index (χ2v) is 5.52. The molecular weight excluding hydrogens is 280 g/mol. The van der Waals surface area contributed by atoms with Gasteiger partial charge in [-0.05, 0) is 19.9 Å². The Morgan fingerprint density at radius 1 is 1.27 bits per heavy atom. The normalized spacial score (nSPS) is 18.0. The zero-order valence-electron chi connectivity index (χ0n) is 12.2. The Morgan fingerprint density at radius 2 is 2.14 bits per heavy atom. The van der Waals surface area contributed by atoms with Gasteiger partial charge in [0.15, 0.2) is 5.69 Å². The van der Waals surface area contributed by atoms with Crippen LogP contribution in [0.2, 0.25) is 0 Å². The Bertz CT molecular complexity index is 769. The molecule has 1 aromatic carbocycles. The van der Waals surface area contributed by atoms with E-state index >= 15 is 0 Å². The van der Waals surface area contributed by atoms with E-state index in [2.05, 4.69) is 25.8 Å². The average Bonchev–Trinajstić information content (AvgIpc) is 3.27. The van der Waals surface area contributed by atoms with Gasteiger partial charge in [-0.1, -0.05) is 40.2 Å². The number of aromatic nitrogens is 5. The molecule has 112 valence electrons. The lowest BCUT2D eigenvalue weighted by Gasteiger charge is -2.05. The van der Waals surface area contributed by atoms with E-state index < -0.39 is 0 Å². The first-order valence-electron chi connectivity index (χ1n) is 7.33. The molecule has 1 fully saturated rings. The third kappa shape index (κ3) is 2.39. The number of hydrogen-bond acceptors (Lipinski definition) is 6. The third-order valence-corrected chi connectivity index (χ3v) is 3.87. The van der Waals surface area contributed by atoms with Crippen molar-refractivity contribution in [1.29, 1.82) is 0 Å². The van der Waals surface area contributed by atoms with Crippen LogP contribution >= 0.6 is 0 Å². The highest BCUT2D eigenvalue weighted by atomic mass is 16.5. The SMILES string of the molecule is Cc1ccc(-c2noc(-c3cn(C4CCNC4)nn3)n2)cc1. The zero-order chi connectivity index (χ0) is 14.9. The maximum absolute atomic E-state index is 5.32. The van der Waals surface area contributed by atoms with Gasteiger partial charge in [0.1, 0.15) is 0 Å². The fourth-order valence-corrected chi connectivity index (χ4v) is 2.57. The molecule has 1 atom stereocenters. The van der Waals surface area contributed by atoms with Gasteiger partial charge in [0.05, 0.1) is 12.2 Å². The van der Waals surface area contributed by atoms with Crippen molar-refractivity contribution in [1.82, 2.24) is 30.5 Å². The summed E-state index contributed by atoms with van der Waals surface area (Å²) < 4.78 is 7.18. The fourth-order valence-electron chi connectivity index (χ4n) is 2.57. The van der Waals surface area contributed by atoms with Gasteiger partial charge in [0.2, 0.25) is 5.82 Å². The molecule has 1 unspecified atom stereocenters. The van der Waals surface area contributed by atoms with Crippen LogP contribution in [0, 0.1) is 6.92 Å². The van der Waals surface area contributed by atoms with Crippen molar-refractivity contribution in [2.45, 2.75) is 19.4 Å². The van der Waals surface area contributed by atoms with Crippen molar-refractivity contribution in [3.63, 3.8) is 0 Å². The lowest BCUT2D eigenvalue weighted by atomic mass is 10.1. The van der Waals surface area contributed by atoms with E-state index in [0.717, 1.165) is 25.1 Å². The molecule has 1 aliphatic rings. The average molecular weight is 296 g/mol. The molecule has 7 heteroatoms. The molecule has 1 aliphatic heterocycles. The van der Waals surface area contributed by atoms with Crippen molar-refractivity contribution < 1.29 is 4.52 Å². The highest BCUT2D eigenvalue weighted by Crippen LogP contribution is 2.22. The van der Waals surface area contributed by atoms with Crippen LogP contribution in [0.15, 0.2) is 35.0 Å². The third-order valence-electron chi connectivity index (χ3n) is 3.87. The molecule has 1 N–H and O–H groups in total. The summed E-state index contributed by atoms with van der Waals surface area (Å²) in [6, 6.07) is 8.35. The summed E-state index contributed by atoms with van der Waals surface area (Å²) in [5.74, 6) is 0.958. The molecular formula is C15H16N6O. The van der Waals surface area contributed by atoms with Crippen LogP contribution < -0.4 is 5.32 Å². The predicted molar refractivity (Wildman–Crippen MR) is 80.0 cm³/mol. The number of rotatable bonds is 3. The number of benzene rings is 1. The van der Waals surface area contributed by atoms with Crippen LogP contribution in [-0.4, -0.2) is 38.2 Å². The van der Waals surface area contributed by atoms with Gasteiger partial charge < -0.3 is 9.84 Å². The van der Waals surface area contributed by atoms with Crippen LogP contribution in [0.4, 0.5) is 0 Å². The minimum atomic E-state index is 0.348. The van der Waals surface area contributed by atoms with Gasteiger partial charge in [-0.15, -0.1) is 5.10 Å². The molecule has 22 heavy (non-hydrogen) atoms. The van der Waals surface area contributed by atoms with Crippen LogP contribution in [0.25, 0.3) is 23.0 Å².